The number of rotatable bonds is 5. The lowest BCUT2D eigenvalue weighted by molar-refractivity contribution is -0.147. The smallest absolute Gasteiger partial charge is 0.308 e. The van der Waals surface area contributed by atoms with Gasteiger partial charge >= 0.3 is 5.97 Å². The molecular weight excluding hydrogens is 204 g/mol. The van der Waals surface area contributed by atoms with Crippen LogP contribution in [0.1, 0.15) is 38.5 Å². The van der Waals surface area contributed by atoms with E-state index in [9.17, 15) is 4.79 Å². The van der Waals surface area contributed by atoms with E-state index in [0.29, 0.717) is 6.10 Å². The van der Waals surface area contributed by atoms with E-state index in [4.69, 9.17) is 15.9 Å². The molecule has 90 valence electrons. The zero-order chi connectivity index (χ0) is 11.8. The van der Waals surface area contributed by atoms with Crippen molar-refractivity contribution in [3.8, 4) is 12.3 Å². The third kappa shape index (κ3) is 4.24. The van der Waals surface area contributed by atoms with E-state index in [0.717, 1.165) is 45.1 Å². The van der Waals surface area contributed by atoms with Crippen molar-refractivity contribution >= 4 is 5.97 Å². The third-order valence-corrected chi connectivity index (χ3v) is 3.03. The van der Waals surface area contributed by atoms with Crippen LogP contribution in [0.15, 0.2) is 0 Å². The van der Waals surface area contributed by atoms with Crippen LogP contribution in [0.2, 0.25) is 0 Å². The van der Waals surface area contributed by atoms with Crippen LogP contribution in [0.3, 0.4) is 0 Å². The first-order valence-electron chi connectivity index (χ1n) is 5.90. The summed E-state index contributed by atoms with van der Waals surface area (Å²) in [6.07, 6.45) is 10.8. The van der Waals surface area contributed by atoms with Crippen molar-refractivity contribution in [2.75, 3.05) is 13.7 Å². The van der Waals surface area contributed by atoms with Crippen LogP contribution in [0.4, 0.5) is 0 Å². The minimum atomic E-state index is -0.0780. The Kier molecular flexibility index (Phi) is 5.95. The molecule has 0 heterocycles. The van der Waals surface area contributed by atoms with Gasteiger partial charge in [-0.15, -0.1) is 12.3 Å². The molecule has 0 N–H and O–H groups in total. The molecule has 1 aliphatic rings. The summed E-state index contributed by atoms with van der Waals surface area (Å²) in [4.78, 5) is 11.3. The van der Waals surface area contributed by atoms with Gasteiger partial charge in [-0.25, -0.2) is 0 Å². The molecule has 16 heavy (non-hydrogen) atoms. The monoisotopic (exact) mass is 224 g/mol. The van der Waals surface area contributed by atoms with E-state index in [-0.39, 0.29) is 11.9 Å². The first kappa shape index (κ1) is 13.1. The van der Waals surface area contributed by atoms with Crippen molar-refractivity contribution in [2.45, 2.75) is 44.6 Å². The van der Waals surface area contributed by atoms with E-state index in [1.165, 1.54) is 7.11 Å². The maximum Gasteiger partial charge on any atom is 0.308 e. The van der Waals surface area contributed by atoms with E-state index in [1.807, 2.05) is 0 Å². The maximum absolute atomic E-state index is 11.3. The number of methoxy groups -OCH3 is 1. The van der Waals surface area contributed by atoms with Crippen molar-refractivity contribution in [2.24, 2.45) is 5.92 Å². The van der Waals surface area contributed by atoms with Crippen LogP contribution in [0.5, 0.6) is 0 Å². The molecule has 0 bridgehead atoms. The zero-order valence-electron chi connectivity index (χ0n) is 9.91. The summed E-state index contributed by atoms with van der Waals surface area (Å²) in [7, 11) is 1.45. The highest BCUT2D eigenvalue weighted by Crippen LogP contribution is 2.27. The molecule has 1 saturated carbocycles. The van der Waals surface area contributed by atoms with Gasteiger partial charge in [-0.05, 0) is 32.1 Å². The second-order valence-electron chi connectivity index (χ2n) is 4.18. The van der Waals surface area contributed by atoms with Crippen molar-refractivity contribution < 1.29 is 14.3 Å². The summed E-state index contributed by atoms with van der Waals surface area (Å²) >= 11 is 0. The minimum Gasteiger partial charge on any atom is -0.469 e. The number of hydrogen-bond donors (Lipinski definition) is 0. The maximum atomic E-state index is 11.3. The van der Waals surface area contributed by atoms with Crippen molar-refractivity contribution in [3.05, 3.63) is 0 Å². The van der Waals surface area contributed by atoms with Gasteiger partial charge in [0.2, 0.25) is 0 Å². The van der Waals surface area contributed by atoms with Crippen molar-refractivity contribution in [1.29, 1.82) is 0 Å². The van der Waals surface area contributed by atoms with Crippen molar-refractivity contribution in [3.63, 3.8) is 0 Å². The molecule has 0 atom stereocenters. The van der Waals surface area contributed by atoms with Gasteiger partial charge in [0.05, 0.1) is 19.1 Å². The first-order chi connectivity index (χ1) is 7.77. The molecule has 0 aromatic rings. The van der Waals surface area contributed by atoms with Crippen LogP contribution in [-0.2, 0) is 14.3 Å². The lowest BCUT2D eigenvalue weighted by Crippen LogP contribution is -2.27. The van der Waals surface area contributed by atoms with Crippen LogP contribution < -0.4 is 0 Å². The topological polar surface area (TPSA) is 35.5 Å². The Bertz CT molecular complexity index is 246. The molecule has 3 nitrogen and oxygen atoms in total. The molecular formula is C13H20O3. The Hall–Kier alpha value is -1.01. The minimum absolute atomic E-state index is 0.0780. The number of unbranched alkanes of at least 4 members (excludes halogenated alkanes) is 1. The molecule has 0 radical (unpaired) electrons. The summed E-state index contributed by atoms with van der Waals surface area (Å²) in [6.45, 7) is 0.734. The second-order valence-corrected chi connectivity index (χ2v) is 4.18. The van der Waals surface area contributed by atoms with Crippen molar-refractivity contribution in [1.82, 2.24) is 0 Å². The van der Waals surface area contributed by atoms with E-state index in [2.05, 4.69) is 5.92 Å². The Labute approximate surface area is 97.5 Å². The molecule has 1 fully saturated rings. The van der Waals surface area contributed by atoms with Crippen LogP contribution >= 0.6 is 0 Å². The van der Waals surface area contributed by atoms with Gasteiger partial charge < -0.3 is 9.47 Å². The third-order valence-electron chi connectivity index (χ3n) is 3.03. The molecule has 0 aromatic carbocycles. The Morgan fingerprint density at radius 2 is 2.06 bits per heavy atom. The van der Waals surface area contributed by atoms with Gasteiger partial charge in [-0.3, -0.25) is 4.79 Å². The molecule has 0 saturated heterocycles. The van der Waals surface area contributed by atoms with E-state index in [1.54, 1.807) is 0 Å². The van der Waals surface area contributed by atoms with Gasteiger partial charge in [0.1, 0.15) is 0 Å². The molecule has 1 aliphatic carbocycles. The van der Waals surface area contributed by atoms with Gasteiger partial charge in [0.25, 0.3) is 0 Å². The molecule has 0 amide bonds. The fourth-order valence-electron chi connectivity index (χ4n) is 2.06. The molecule has 0 spiro atoms. The molecule has 0 unspecified atom stereocenters. The lowest BCUT2D eigenvalue weighted by atomic mass is 9.87. The number of carbonyl (C=O) groups excluding carboxylic acids is 1. The Morgan fingerprint density at radius 3 is 2.62 bits per heavy atom. The van der Waals surface area contributed by atoms with Crippen LogP contribution in [0.25, 0.3) is 0 Å². The number of hydrogen-bond acceptors (Lipinski definition) is 3. The predicted molar refractivity (Wildman–Crippen MR) is 61.8 cm³/mol. The summed E-state index contributed by atoms with van der Waals surface area (Å²) in [6, 6.07) is 0. The number of carbonyl (C=O) groups is 1. The second kappa shape index (κ2) is 7.29. The summed E-state index contributed by atoms with van der Waals surface area (Å²) in [5.74, 6) is 2.60. The number of terminal acetylenes is 1. The average molecular weight is 224 g/mol. The SMILES string of the molecule is C#CCCCOC1CCC(C(=O)OC)CC1. The zero-order valence-corrected chi connectivity index (χ0v) is 9.91. The molecule has 1 rings (SSSR count). The van der Waals surface area contributed by atoms with Gasteiger partial charge in [0.15, 0.2) is 0 Å². The molecule has 0 aliphatic heterocycles. The number of esters is 1. The Balaban J connectivity index is 2.12. The fraction of sp³-hybridized carbons (Fsp3) is 0.769. The standard InChI is InChI=1S/C13H20O3/c1-3-4-5-10-16-12-8-6-11(7-9-12)13(14)15-2/h1,11-12H,4-10H2,2H3. The number of ether oxygens (including phenoxy) is 2. The first-order valence-corrected chi connectivity index (χ1v) is 5.90. The van der Waals surface area contributed by atoms with Gasteiger partial charge in [0, 0.05) is 13.0 Å². The van der Waals surface area contributed by atoms with E-state index >= 15 is 0 Å². The largest absolute Gasteiger partial charge is 0.469 e. The predicted octanol–water partition coefficient (Wildman–Crippen LogP) is 2.15. The average Bonchev–Trinajstić information content (AvgIpc) is 2.34. The van der Waals surface area contributed by atoms with Crippen LogP contribution in [0, 0.1) is 18.3 Å². The summed E-state index contributed by atoms with van der Waals surface area (Å²) < 4.78 is 10.4. The quantitative estimate of drug-likeness (QED) is 0.408. The summed E-state index contributed by atoms with van der Waals surface area (Å²) in [5, 5.41) is 0. The Morgan fingerprint density at radius 1 is 1.38 bits per heavy atom. The van der Waals surface area contributed by atoms with Gasteiger partial charge in [-0.2, -0.15) is 0 Å². The molecule has 3 heteroatoms. The highest BCUT2D eigenvalue weighted by molar-refractivity contribution is 5.72. The van der Waals surface area contributed by atoms with Gasteiger partial charge in [-0.1, -0.05) is 0 Å². The normalized spacial score (nSPS) is 24.8. The summed E-state index contributed by atoms with van der Waals surface area (Å²) in [5.41, 5.74) is 0. The highest BCUT2D eigenvalue weighted by atomic mass is 16.5. The van der Waals surface area contributed by atoms with Crippen LogP contribution in [-0.4, -0.2) is 25.8 Å². The molecule has 0 aromatic heterocycles. The lowest BCUT2D eigenvalue weighted by Gasteiger charge is -2.26. The van der Waals surface area contributed by atoms with E-state index < -0.39 is 0 Å². The highest BCUT2D eigenvalue weighted by Gasteiger charge is 2.26. The fourth-order valence-corrected chi connectivity index (χ4v) is 2.06.